The number of aromatic amines is 1. The minimum atomic E-state index is -0.0766. The Morgan fingerprint density at radius 3 is 2.78 bits per heavy atom. The number of hydrogen-bond acceptors (Lipinski definition) is 3. The third-order valence-electron chi connectivity index (χ3n) is 2.79. The lowest BCUT2D eigenvalue weighted by Crippen LogP contribution is -2.21. The zero-order chi connectivity index (χ0) is 12.7. The number of carbonyl (C=O) groups is 1. The van der Waals surface area contributed by atoms with Crippen molar-refractivity contribution in [1.29, 1.82) is 0 Å². The Morgan fingerprint density at radius 2 is 2.00 bits per heavy atom. The predicted molar refractivity (Wildman–Crippen MR) is 66.7 cm³/mol. The number of carbonyl (C=O) groups excluding carboxylic acids is 1. The van der Waals surface area contributed by atoms with Crippen LogP contribution in [0.1, 0.15) is 10.5 Å². The molecule has 5 nitrogen and oxygen atoms in total. The topological polar surface area (TPSA) is 54.6 Å². The van der Waals surface area contributed by atoms with Gasteiger partial charge in [0.1, 0.15) is 18.2 Å². The first kappa shape index (κ1) is 10.7. The van der Waals surface area contributed by atoms with E-state index in [1.807, 2.05) is 12.1 Å². The summed E-state index contributed by atoms with van der Waals surface area (Å²) in [5.41, 5.74) is 1.37. The number of ether oxygens (including phenoxy) is 2. The van der Waals surface area contributed by atoms with Crippen molar-refractivity contribution in [1.82, 2.24) is 9.88 Å². The molecular formula is C13H12N2O3. The molecule has 0 atom stereocenters. The van der Waals surface area contributed by atoms with Crippen LogP contribution in [0.25, 0.3) is 10.9 Å². The normalized spacial score (nSPS) is 12.8. The molecule has 0 fully saturated rings. The molecule has 1 aliphatic rings. The molecule has 2 heterocycles. The van der Waals surface area contributed by atoms with Gasteiger partial charge in [-0.2, -0.15) is 0 Å². The number of fused-ring (bicyclic) bond motifs is 3. The van der Waals surface area contributed by atoms with Crippen molar-refractivity contribution >= 4 is 16.8 Å². The summed E-state index contributed by atoms with van der Waals surface area (Å²) in [6.07, 6.45) is 2.95. The number of hydrogen-bond donors (Lipinski definition) is 1. The highest BCUT2D eigenvalue weighted by atomic mass is 16.5. The molecule has 0 unspecified atom stereocenters. The first-order valence-electron chi connectivity index (χ1n) is 5.52. The minimum Gasteiger partial charge on any atom is -0.458 e. The number of rotatable bonds is 1. The van der Waals surface area contributed by atoms with Gasteiger partial charge in [0.05, 0.1) is 5.52 Å². The van der Waals surface area contributed by atoms with Gasteiger partial charge in [-0.05, 0) is 18.2 Å². The summed E-state index contributed by atoms with van der Waals surface area (Å²) < 4.78 is 10.8. The Morgan fingerprint density at radius 1 is 1.22 bits per heavy atom. The van der Waals surface area contributed by atoms with Gasteiger partial charge in [0.2, 0.25) is 0 Å². The molecule has 0 aliphatic carbocycles. The first-order chi connectivity index (χ1) is 8.66. The third-order valence-corrected chi connectivity index (χ3v) is 2.79. The molecule has 0 saturated carbocycles. The molecule has 0 spiro atoms. The van der Waals surface area contributed by atoms with Crippen LogP contribution in [0.4, 0.5) is 0 Å². The van der Waals surface area contributed by atoms with Crippen LogP contribution in [0.2, 0.25) is 0 Å². The van der Waals surface area contributed by atoms with E-state index in [0.29, 0.717) is 17.2 Å². The summed E-state index contributed by atoms with van der Waals surface area (Å²) in [5.74, 6) is 1.20. The van der Waals surface area contributed by atoms with Gasteiger partial charge in [-0.3, -0.25) is 4.79 Å². The lowest BCUT2D eigenvalue weighted by molar-refractivity contribution is 0.0823. The van der Waals surface area contributed by atoms with Crippen LogP contribution < -0.4 is 9.47 Å². The molecule has 1 aromatic heterocycles. The lowest BCUT2D eigenvalue weighted by Gasteiger charge is -2.12. The second kappa shape index (κ2) is 3.80. The van der Waals surface area contributed by atoms with Crippen molar-refractivity contribution in [3.8, 4) is 11.5 Å². The van der Waals surface area contributed by atoms with Gasteiger partial charge in [0.15, 0.2) is 11.5 Å². The van der Waals surface area contributed by atoms with Gasteiger partial charge in [-0.25, -0.2) is 0 Å². The van der Waals surface area contributed by atoms with E-state index in [9.17, 15) is 4.79 Å². The van der Waals surface area contributed by atoms with E-state index in [-0.39, 0.29) is 5.91 Å². The van der Waals surface area contributed by atoms with Gasteiger partial charge in [-0.15, -0.1) is 0 Å². The zero-order valence-corrected chi connectivity index (χ0v) is 10.1. The van der Waals surface area contributed by atoms with E-state index >= 15 is 0 Å². The van der Waals surface area contributed by atoms with Gasteiger partial charge < -0.3 is 19.4 Å². The summed E-state index contributed by atoms with van der Waals surface area (Å²) >= 11 is 0. The van der Waals surface area contributed by atoms with E-state index in [2.05, 4.69) is 4.98 Å². The van der Waals surface area contributed by atoms with E-state index in [1.165, 1.54) is 17.4 Å². The number of aromatic nitrogens is 1. The van der Waals surface area contributed by atoms with E-state index in [1.54, 1.807) is 20.2 Å². The summed E-state index contributed by atoms with van der Waals surface area (Å²) in [6, 6.07) is 5.45. The second-order valence-corrected chi connectivity index (χ2v) is 4.24. The van der Waals surface area contributed by atoms with Crippen molar-refractivity contribution in [3.63, 3.8) is 0 Å². The Bertz CT molecular complexity index is 656. The summed E-state index contributed by atoms with van der Waals surface area (Å²) in [6.45, 7) is 0. The van der Waals surface area contributed by atoms with Crippen molar-refractivity contribution in [3.05, 3.63) is 36.4 Å². The van der Waals surface area contributed by atoms with Gasteiger partial charge >= 0.3 is 0 Å². The molecule has 1 aromatic carbocycles. The zero-order valence-electron chi connectivity index (χ0n) is 10.1. The monoisotopic (exact) mass is 244 g/mol. The molecule has 3 rings (SSSR count). The molecule has 1 aliphatic heterocycles. The second-order valence-electron chi connectivity index (χ2n) is 4.24. The van der Waals surface area contributed by atoms with Crippen LogP contribution in [0, 0.1) is 0 Å². The van der Waals surface area contributed by atoms with Crippen molar-refractivity contribution in [2.45, 2.75) is 0 Å². The summed E-state index contributed by atoms with van der Waals surface area (Å²) in [7, 11) is 3.43. The van der Waals surface area contributed by atoms with E-state index < -0.39 is 0 Å². The van der Waals surface area contributed by atoms with Crippen LogP contribution in [-0.2, 0) is 0 Å². The predicted octanol–water partition coefficient (Wildman–Crippen LogP) is 2.11. The van der Waals surface area contributed by atoms with Crippen LogP contribution >= 0.6 is 0 Å². The van der Waals surface area contributed by atoms with Gasteiger partial charge in [0, 0.05) is 19.5 Å². The number of nitrogens with one attached hydrogen (secondary N) is 1. The molecule has 92 valence electrons. The van der Waals surface area contributed by atoms with E-state index in [4.69, 9.17) is 9.47 Å². The lowest BCUT2D eigenvalue weighted by atomic mass is 10.2. The van der Waals surface area contributed by atoms with Crippen LogP contribution in [0.5, 0.6) is 11.5 Å². The van der Waals surface area contributed by atoms with E-state index in [0.717, 1.165) is 10.9 Å². The first-order valence-corrected chi connectivity index (χ1v) is 5.52. The Kier molecular flexibility index (Phi) is 2.26. The fourth-order valence-electron chi connectivity index (χ4n) is 1.92. The maximum Gasteiger partial charge on any atom is 0.269 e. The average Bonchev–Trinajstić information content (AvgIpc) is 2.81. The summed E-state index contributed by atoms with van der Waals surface area (Å²) in [5, 5.41) is 0.835. The number of nitrogens with zero attached hydrogens (tertiary/aromatic N) is 1. The molecule has 2 aromatic rings. The van der Waals surface area contributed by atoms with Crippen molar-refractivity contribution in [2.24, 2.45) is 0 Å². The van der Waals surface area contributed by atoms with Crippen LogP contribution in [-0.4, -0.2) is 29.9 Å². The maximum atomic E-state index is 11.9. The Hall–Kier alpha value is -2.43. The van der Waals surface area contributed by atoms with Crippen molar-refractivity contribution < 1.29 is 14.3 Å². The fourth-order valence-corrected chi connectivity index (χ4v) is 1.92. The smallest absolute Gasteiger partial charge is 0.269 e. The number of benzene rings is 1. The molecular weight excluding hydrogens is 232 g/mol. The standard InChI is InChI=1S/C13H12N2O3/c1-15(2)13(16)10-7-8-9(14-10)3-4-11-12(8)18-6-5-17-11/h3-7,14H,1-2H3. The van der Waals surface area contributed by atoms with Crippen molar-refractivity contribution in [2.75, 3.05) is 14.1 Å². The van der Waals surface area contributed by atoms with Crippen LogP contribution in [0.3, 0.4) is 0 Å². The quantitative estimate of drug-likeness (QED) is 0.835. The molecule has 5 heteroatoms. The fraction of sp³-hybridized carbons (Fsp3) is 0.154. The number of amides is 1. The summed E-state index contributed by atoms with van der Waals surface area (Å²) in [4.78, 5) is 16.5. The Balaban J connectivity index is 2.16. The molecule has 0 saturated heterocycles. The SMILES string of the molecule is CN(C)C(=O)c1cc2c3c(ccc2[nH]1)OC=CO3. The van der Waals surface area contributed by atoms with Gasteiger partial charge in [0.25, 0.3) is 5.91 Å². The highest BCUT2D eigenvalue weighted by Gasteiger charge is 2.17. The van der Waals surface area contributed by atoms with Crippen LogP contribution in [0.15, 0.2) is 30.7 Å². The molecule has 0 bridgehead atoms. The molecule has 0 radical (unpaired) electrons. The maximum absolute atomic E-state index is 11.9. The number of H-pyrrole nitrogens is 1. The molecule has 18 heavy (non-hydrogen) atoms. The molecule has 1 amide bonds. The largest absolute Gasteiger partial charge is 0.458 e. The minimum absolute atomic E-state index is 0.0766. The highest BCUT2D eigenvalue weighted by Crippen LogP contribution is 2.38. The highest BCUT2D eigenvalue weighted by molar-refractivity contribution is 6.00. The third kappa shape index (κ3) is 1.52. The molecule has 1 N–H and O–H groups in total. The van der Waals surface area contributed by atoms with Gasteiger partial charge in [-0.1, -0.05) is 0 Å². The Labute approximate surface area is 104 Å². The average molecular weight is 244 g/mol.